The van der Waals surface area contributed by atoms with E-state index < -0.39 is 0 Å². The molecule has 1 aliphatic rings. The highest BCUT2D eigenvalue weighted by Crippen LogP contribution is 2.22. The average molecular weight is 260 g/mol. The number of amides is 2. The van der Waals surface area contributed by atoms with Crippen LogP contribution in [0.25, 0.3) is 0 Å². The standard InChI is InChI=1S/C15H20N2O2/c1-11(2)16-10-12-5-3-6-13(9-12)17-14(18)7-4-8-15(17)19/h3,5-6,9,11,16H,4,7-8,10H2,1-2H3. The van der Waals surface area contributed by atoms with E-state index in [1.54, 1.807) is 0 Å². The zero-order chi connectivity index (χ0) is 13.8. The van der Waals surface area contributed by atoms with Crippen molar-refractivity contribution >= 4 is 17.5 Å². The third kappa shape index (κ3) is 3.41. The summed E-state index contributed by atoms with van der Waals surface area (Å²) in [6.45, 7) is 4.91. The second-order valence-corrected chi connectivity index (χ2v) is 5.18. The second kappa shape index (κ2) is 5.97. The van der Waals surface area contributed by atoms with Gasteiger partial charge in [-0.25, -0.2) is 0 Å². The van der Waals surface area contributed by atoms with Crippen molar-refractivity contribution in [3.05, 3.63) is 29.8 Å². The Hall–Kier alpha value is -1.68. The molecule has 1 aromatic carbocycles. The van der Waals surface area contributed by atoms with E-state index in [1.165, 1.54) is 4.90 Å². The molecule has 0 saturated carbocycles. The zero-order valence-electron chi connectivity index (χ0n) is 11.5. The fourth-order valence-electron chi connectivity index (χ4n) is 2.17. The van der Waals surface area contributed by atoms with Gasteiger partial charge in [0.05, 0.1) is 5.69 Å². The van der Waals surface area contributed by atoms with Crippen LogP contribution in [0.5, 0.6) is 0 Å². The Balaban J connectivity index is 2.17. The van der Waals surface area contributed by atoms with Crippen molar-refractivity contribution in [1.29, 1.82) is 0 Å². The van der Waals surface area contributed by atoms with Crippen LogP contribution in [0.4, 0.5) is 5.69 Å². The van der Waals surface area contributed by atoms with Gasteiger partial charge in [0.15, 0.2) is 0 Å². The minimum atomic E-state index is -0.0924. The highest BCUT2D eigenvalue weighted by Gasteiger charge is 2.27. The van der Waals surface area contributed by atoms with Crippen molar-refractivity contribution in [3.63, 3.8) is 0 Å². The number of carbonyl (C=O) groups is 2. The number of nitrogens with zero attached hydrogens (tertiary/aromatic N) is 1. The summed E-state index contributed by atoms with van der Waals surface area (Å²) in [5, 5.41) is 3.33. The third-order valence-corrected chi connectivity index (χ3v) is 3.16. The molecule has 0 spiro atoms. The van der Waals surface area contributed by atoms with Crippen molar-refractivity contribution in [1.82, 2.24) is 5.32 Å². The summed E-state index contributed by atoms with van der Waals surface area (Å²) in [7, 11) is 0. The minimum absolute atomic E-state index is 0.0924. The van der Waals surface area contributed by atoms with Crippen LogP contribution in [0.2, 0.25) is 0 Å². The highest BCUT2D eigenvalue weighted by atomic mass is 16.2. The van der Waals surface area contributed by atoms with Crippen molar-refractivity contribution in [2.75, 3.05) is 4.90 Å². The number of hydrogen-bond donors (Lipinski definition) is 1. The summed E-state index contributed by atoms with van der Waals surface area (Å²) in [4.78, 5) is 25.1. The first-order chi connectivity index (χ1) is 9.08. The predicted molar refractivity (Wildman–Crippen MR) is 74.8 cm³/mol. The van der Waals surface area contributed by atoms with Gasteiger partial charge in [-0.15, -0.1) is 0 Å². The first-order valence-electron chi connectivity index (χ1n) is 6.76. The number of carbonyl (C=O) groups excluding carboxylic acids is 2. The van der Waals surface area contributed by atoms with Gasteiger partial charge in [0, 0.05) is 25.4 Å². The van der Waals surface area contributed by atoms with Crippen LogP contribution >= 0.6 is 0 Å². The van der Waals surface area contributed by atoms with E-state index in [9.17, 15) is 9.59 Å². The second-order valence-electron chi connectivity index (χ2n) is 5.18. The molecule has 1 aliphatic heterocycles. The molecule has 1 heterocycles. The van der Waals surface area contributed by atoms with E-state index in [0.29, 0.717) is 31.0 Å². The number of nitrogens with one attached hydrogen (secondary N) is 1. The largest absolute Gasteiger partial charge is 0.310 e. The predicted octanol–water partition coefficient (Wildman–Crippen LogP) is 2.23. The Bertz CT molecular complexity index is 467. The Morgan fingerprint density at radius 2 is 1.89 bits per heavy atom. The molecule has 1 fully saturated rings. The first kappa shape index (κ1) is 13.7. The fraction of sp³-hybridized carbons (Fsp3) is 0.467. The molecule has 0 aromatic heterocycles. The zero-order valence-corrected chi connectivity index (χ0v) is 11.5. The molecule has 0 radical (unpaired) electrons. The molecule has 1 N–H and O–H groups in total. The summed E-state index contributed by atoms with van der Waals surface area (Å²) in [5.74, 6) is -0.185. The van der Waals surface area contributed by atoms with Crippen LogP contribution in [0.1, 0.15) is 38.7 Å². The number of benzene rings is 1. The summed E-state index contributed by atoms with van der Waals surface area (Å²) in [6, 6.07) is 8.03. The molecule has 2 amide bonds. The van der Waals surface area contributed by atoms with Gasteiger partial charge in [0.25, 0.3) is 0 Å². The molecule has 0 aliphatic carbocycles. The lowest BCUT2D eigenvalue weighted by Crippen LogP contribution is -2.40. The van der Waals surface area contributed by atoms with Gasteiger partial charge in [0.2, 0.25) is 11.8 Å². The number of anilines is 1. The van der Waals surface area contributed by atoms with Gasteiger partial charge >= 0.3 is 0 Å². The molecule has 0 bridgehead atoms. The Kier molecular flexibility index (Phi) is 4.32. The maximum absolute atomic E-state index is 11.9. The van der Waals surface area contributed by atoms with Crippen LogP contribution in [0.15, 0.2) is 24.3 Å². The molecule has 2 rings (SSSR count). The van der Waals surface area contributed by atoms with Gasteiger partial charge in [-0.2, -0.15) is 0 Å². The quantitative estimate of drug-likeness (QED) is 0.845. The monoisotopic (exact) mass is 260 g/mol. The van der Waals surface area contributed by atoms with E-state index in [-0.39, 0.29) is 11.8 Å². The van der Waals surface area contributed by atoms with E-state index in [0.717, 1.165) is 12.1 Å². The van der Waals surface area contributed by atoms with Crippen LogP contribution in [-0.2, 0) is 16.1 Å². The first-order valence-corrected chi connectivity index (χ1v) is 6.76. The van der Waals surface area contributed by atoms with Crippen LogP contribution in [-0.4, -0.2) is 17.9 Å². The third-order valence-electron chi connectivity index (χ3n) is 3.16. The summed E-state index contributed by atoms with van der Waals surface area (Å²) >= 11 is 0. The van der Waals surface area contributed by atoms with Gasteiger partial charge < -0.3 is 5.32 Å². The molecule has 0 unspecified atom stereocenters. The lowest BCUT2D eigenvalue weighted by molar-refractivity contribution is -0.129. The van der Waals surface area contributed by atoms with Gasteiger partial charge in [-0.05, 0) is 24.1 Å². The molecule has 4 nitrogen and oxygen atoms in total. The molecule has 1 saturated heterocycles. The average Bonchev–Trinajstić information content (AvgIpc) is 2.37. The molecule has 19 heavy (non-hydrogen) atoms. The highest BCUT2D eigenvalue weighted by molar-refractivity contribution is 6.16. The minimum Gasteiger partial charge on any atom is -0.310 e. The van der Waals surface area contributed by atoms with E-state index >= 15 is 0 Å². The Morgan fingerprint density at radius 3 is 2.53 bits per heavy atom. The van der Waals surface area contributed by atoms with Crippen LogP contribution in [0, 0.1) is 0 Å². The van der Waals surface area contributed by atoms with Crippen LogP contribution < -0.4 is 10.2 Å². The Morgan fingerprint density at radius 1 is 1.21 bits per heavy atom. The molecule has 1 aromatic rings. The maximum atomic E-state index is 11.9. The van der Waals surface area contributed by atoms with Crippen molar-refractivity contribution in [2.24, 2.45) is 0 Å². The lowest BCUT2D eigenvalue weighted by atomic mass is 10.1. The number of piperidine rings is 1. The van der Waals surface area contributed by atoms with Crippen LogP contribution in [0.3, 0.4) is 0 Å². The van der Waals surface area contributed by atoms with Gasteiger partial charge in [-0.3, -0.25) is 14.5 Å². The fourth-order valence-corrected chi connectivity index (χ4v) is 2.17. The van der Waals surface area contributed by atoms with Crippen molar-refractivity contribution < 1.29 is 9.59 Å². The summed E-state index contributed by atoms with van der Waals surface area (Å²) in [6.07, 6.45) is 1.59. The number of rotatable bonds is 4. The maximum Gasteiger partial charge on any atom is 0.233 e. The number of hydrogen-bond acceptors (Lipinski definition) is 3. The Labute approximate surface area is 113 Å². The molecule has 4 heteroatoms. The number of imide groups is 1. The van der Waals surface area contributed by atoms with E-state index in [1.807, 2.05) is 24.3 Å². The van der Waals surface area contributed by atoms with Crippen molar-refractivity contribution in [2.45, 2.75) is 45.7 Å². The molecule has 0 atom stereocenters. The summed E-state index contributed by atoms with van der Waals surface area (Å²) in [5.41, 5.74) is 1.77. The molecular formula is C15H20N2O2. The van der Waals surface area contributed by atoms with E-state index in [4.69, 9.17) is 0 Å². The smallest absolute Gasteiger partial charge is 0.233 e. The van der Waals surface area contributed by atoms with Crippen molar-refractivity contribution in [3.8, 4) is 0 Å². The normalized spacial score (nSPS) is 16.3. The van der Waals surface area contributed by atoms with Gasteiger partial charge in [0.1, 0.15) is 0 Å². The van der Waals surface area contributed by atoms with E-state index in [2.05, 4.69) is 19.2 Å². The molecular weight excluding hydrogens is 240 g/mol. The summed E-state index contributed by atoms with van der Waals surface area (Å²) < 4.78 is 0. The topological polar surface area (TPSA) is 49.4 Å². The lowest BCUT2D eigenvalue weighted by Gasteiger charge is -2.25. The van der Waals surface area contributed by atoms with Gasteiger partial charge in [-0.1, -0.05) is 26.0 Å². The SMILES string of the molecule is CC(C)NCc1cccc(N2C(=O)CCCC2=O)c1. The molecule has 102 valence electrons.